The van der Waals surface area contributed by atoms with Crippen molar-refractivity contribution < 1.29 is 14.2 Å². The number of hydrogen-bond acceptors (Lipinski definition) is 4. The van der Waals surface area contributed by atoms with E-state index in [0.717, 1.165) is 0 Å². The Labute approximate surface area is 151 Å². The van der Waals surface area contributed by atoms with Crippen molar-refractivity contribution in [2.24, 2.45) is 0 Å². The van der Waals surface area contributed by atoms with E-state index in [0.29, 0.717) is 21.9 Å². The van der Waals surface area contributed by atoms with Gasteiger partial charge >= 0.3 is 0 Å². The zero-order valence-electron chi connectivity index (χ0n) is 14.2. The minimum Gasteiger partial charge on any atom is -0.496 e. The Morgan fingerprint density at radius 3 is 2.23 bits per heavy atom. The van der Waals surface area contributed by atoms with Crippen molar-refractivity contribution in [3.63, 3.8) is 0 Å². The Morgan fingerprint density at radius 1 is 0.923 bits per heavy atom. The SMILES string of the molecule is COc1ccccc1[P@](=O)(Cc1ccccc1[N+](=O)[O-])c1ccccc1. The lowest BCUT2D eigenvalue weighted by atomic mass is 10.2. The molecule has 0 N–H and O–H groups in total. The van der Waals surface area contributed by atoms with Gasteiger partial charge in [0.2, 0.25) is 0 Å². The van der Waals surface area contributed by atoms with Crippen LogP contribution in [0.25, 0.3) is 0 Å². The average Bonchev–Trinajstić information content (AvgIpc) is 2.68. The van der Waals surface area contributed by atoms with Crippen molar-refractivity contribution in [3.8, 4) is 5.75 Å². The minimum atomic E-state index is -3.20. The normalized spacial score (nSPS) is 13.0. The third-order valence-corrected chi connectivity index (χ3v) is 7.29. The molecular formula is C20H18NO4P. The van der Waals surface area contributed by atoms with Crippen molar-refractivity contribution in [3.05, 3.63) is 94.5 Å². The van der Waals surface area contributed by atoms with E-state index in [1.807, 2.05) is 24.3 Å². The lowest BCUT2D eigenvalue weighted by Gasteiger charge is -2.21. The summed E-state index contributed by atoms with van der Waals surface area (Å²) in [7, 11) is -1.67. The fourth-order valence-electron chi connectivity index (χ4n) is 2.98. The first-order chi connectivity index (χ1) is 12.6. The van der Waals surface area contributed by atoms with Gasteiger partial charge in [-0.2, -0.15) is 0 Å². The third kappa shape index (κ3) is 3.39. The molecule has 0 saturated heterocycles. The van der Waals surface area contributed by atoms with Crippen molar-refractivity contribution >= 4 is 23.4 Å². The molecular weight excluding hydrogens is 349 g/mol. The van der Waals surface area contributed by atoms with Crippen molar-refractivity contribution in [2.75, 3.05) is 7.11 Å². The number of methoxy groups -OCH3 is 1. The van der Waals surface area contributed by atoms with Crippen LogP contribution in [0.3, 0.4) is 0 Å². The Balaban J connectivity index is 2.21. The number of rotatable bonds is 6. The highest BCUT2D eigenvalue weighted by molar-refractivity contribution is 7.78. The second kappa shape index (κ2) is 7.54. The molecule has 0 unspecified atom stereocenters. The first kappa shape index (κ1) is 17.9. The smallest absolute Gasteiger partial charge is 0.273 e. The quantitative estimate of drug-likeness (QED) is 0.373. The van der Waals surface area contributed by atoms with Gasteiger partial charge in [-0.3, -0.25) is 10.1 Å². The summed E-state index contributed by atoms with van der Waals surface area (Å²) in [6.45, 7) is 0. The average molecular weight is 367 g/mol. The van der Waals surface area contributed by atoms with E-state index in [4.69, 9.17) is 4.74 Å². The molecule has 0 aromatic heterocycles. The van der Waals surface area contributed by atoms with Crippen LogP contribution in [-0.2, 0) is 10.7 Å². The van der Waals surface area contributed by atoms with Gasteiger partial charge in [-0.1, -0.05) is 60.7 Å². The molecule has 0 amide bonds. The van der Waals surface area contributed by atoms with Gasteiger partial charge < -0.3 is 9.30 Å². The van der Waals surface area contributed by atoms with Crippen LogP contribution in [0.2, 0.25) is 0 Å². The highest BCUT2D eigenvalue weighted by Gasteiger charge is 2.32. The van der Waals surface area contributed by atoms with Crippen LogP contribution in [0.5, 0.6) is 5.75 Å². The molecule has 0 spiro atoms. The lowest BCUT2D eigenvalue weighted by molar-refractivity contribution is -0.385. The maximum atomic E-state index is 14.2. The standard InChI is InChI=1S/C20H18NO4P/c1-25-19-13-7-8-14-20(19)26(24,17-10-3-2-4-11-17)15-16-9-5-6-12-18(16)21(22)23/h2-14H,15H2,1H3/t26-/m0/s1. The monoisotopic (exact) mass is 367 g/mol. The molecule has 0 aliphatic rings. The maximum Gasteiger partial charge on any atom is 0.273 e. The van der Waals surface area contributed by atoms with Gasteiger partial charge in [0.15, 0.2) is 7.14 Å². The van der Waals surface area contributed by atoms with Crippen molar-refractivity contribution in [2.45, 2.75) is 6.16 Å². The first-order valence-corrected chi connectivity index (χ1v) is 9.96. The summed E-state index contributed by atoms with van der Waals surface area (Å²) < 4.78 is 19.7. The van der Waals surface area contributed by atoms with Gasteiger partial charge in [0.05, 0.1) is 17.3 Å². The van der Waals surface area contributed by atoms with E-state index in [2.05, 4.69) is 0 Å². The number of para-hydroxylation sites is 2. The van der Waals surface area contributed by atoms with Crippen LogP contribution >= 0.6 is 7.14 Å². The summed E-state index contributed by atoms with van der Waals surface area (Å²) in [6.07, 6.45) is 0.0501. The topological polar surface area (TPSA) is 69.4 Å². The Hall–Kier alpha value is -2.91. The van der Waals surface area contributed by atoms with E-state index in [1.165, 1.54) is 13.2 Å². The minimum absolute atomic E-state index is 0.0291. The van der Waals surface area contributed by atoms with Crippen LogP contribution in [-0.4, -0.2) is 12.0 Å². The fourth-order valence-corrected chi connectivity index (χ4v) is 5.86. The van der Waals surface area contributed by atoms with Gasteiger partial charge in [0, 0.05) is 23.1 Å². The lowest BCUT2D eigenvalue weighted by Crippen LogP contribution is -2.19. The summed E-state index contributed by atoms with van der Waals surface area (Å²) in [4.78, 5) is 11.0. The molecule has 132 valence electrons. The number of nitro benzene ring substituents is 1. The van der Waals surface area contributed by atoms with Gasteiger partial charge in [0.1, 0.15) is 5.75 Å². The molecule has 0 aliphatic carbocycles. The molecule has 0 aliphatic heterocycles. The number of nitrogens with zero attached hydrogens (tertiary/aromatic N) is 1. The van der Waals surface area contributed by atoms with Crippen molar-refractivity contribution in [1.82, 2.24) is 0 Å². The molecule has 0 saturated carbocycles. The number of ether oxygens (including phenoxy) is 1. The highest BCUT2D eigenvalue weighted by atomic mass is 31.2. The molecule has 1 atom stereocenters. The molecule has 3 aromatic rings. The van der Waals surface area contributed by atoms with Crippen LogP contribution in [0.15, 0.2) is 78.9 Å². The van der Waals surface area contributed by atoms with Crippen LogP contribution in [0, 0.1) is 10.1 Å². The van der Waals surface area contributed by atoms with E-state index in [-0.39, 0.29) is 11.8 Å². The molecule has 0 heterocycles. The summed E-state index contributed by atoms with van der Waals surface area (Å²) in [5.74, 6) is 0.512. The molecule has 3 aromatic carbocycles. The molecule has 26 heavy (non-hydrogen) atoms. The summed E-state index contributed by atoms with van der Waals surface area (Å²) in [5.41, 5.74) is 0.411. The zero-order valence-corrected chi connectivity index (χ0v) is 15.1. The van der Waals surface area contributed by atoms with Gasteiger partial charge in [-0.15, -0.1) is 0 Å². The van der Waals surface area contributed by atoms with E-state index in [9.17, 15) is 14.7 Å². The van der Waals surface area contributed by atoms with Gasteiger partial charge in [0.25, 0.3) is 5.69 Å². The van der Waals surface area contributed by atoms with Crippen LogP contribution in [0.1, 0.15) is 5.56 Å². The maximum absolute atomic E-state index is 14.2. The largest absolute Gasteiger partial charge is 0.496 e. The van der Waals surface area contributed by atoms with Crippen LogP contribution < -0.4 is 15.3 Å². The Morgan fingerprint density at radius 2 is 1.54 bits per heavy atom. The fraction of sp³-hybridized carbons (Fsp3) is 0.100. The molecule has 5 nitrogen and oxygen atoms in total. The van der Waals surface area contributed by atoms with Gasteiger partial charge in [-0.05, 0) is 12.1 Å². The number of nitro groups is 1. The molecule has 0 radical (unpaired) electrons. The molecule has 6 heteroatoms. The van der Waals surface area contributed by atoms with E-state index < -0.39 is 12.1 Å². The third-order valence-electron chi connectivity index (χ3n) is 4.23. The second-order valence-electron chi connectivity index (χ2n) is 5.79. The summed E-state index contributed by atoms with van der Waals surface area (Å²) >= 11 is 0. The number of hydrogen-bond donors (Lipinski definition) is 0. The first-order valence-electron chi connectivity index (χ1n) is 8.07. The Kier molecular flexibility index (Phi) is 5.19. The highest BCUT2D eigenvalue weighted by Crippen LogP contribution is 2.50. The molecule has 3 rings (SSSR count). The van der Waals surface area contributed by atoms with Crippen LogP contribution in [0.4, 0.5) is 5.69 Å². The van der Waals surface area contributed by atoms with E-state index >= 15 is 0 Å². The summed E-state index contributed by atoms with van der Waals surface area (Å²) in [6, 6.07) is 22.6. The van der Waals surface area contributed by atoms with E-state index in [1.54, 1.807) is 48.5 Å². The zero-order chi connectivity index (χ0) is 18.6. The summed E-state index contributed by atoms with van der Waals surface area (Å²) in [5, 5.41) is 12.6. The second-order valence-corrected chi connectivity index (χ2v) is 8.58. The van der Waals surface area contributed by atoms with Gasteiger partial charge in [-0.25, -0.2) is 0 Å². The van der Waals surface area contributed by atoms with Crippen molar-refractivity contribution in [1.29, 1.82) is 0 Å². The Bertz CT molecular complexity index is 972. The molecule has 0 bridgehead atoms. The number of benzene rings is 3. The molecule has 0 fully saturated rings. The predicted molar refractivity (Wildman–Crippen MR) is 103 cm³/mol. The predicted octanol–water partition coefficient (Wildman–Crippen LogP) is 4.12.